The second kappa shape index (κ2) is 31.7. The third-order valence-corrected chi connectivity index (χ3v) is 13.3. The zero-order valence-corrected chi connectivity index (χ0v) is 37.9. The highest BCUT2D eigenvalue weighted by atomic mass is 127. The Bertz CT molecular complexity index is 1350. The number of hydrogen-bond acceptors (Lipinski definition) is 1. The van der Waals surface area contributed by atoms with Crippen LogP contribution in [0.15, 0.2) is 73.4 Å². The van der Waals surface area contributed by atoms with Crippen molar-refractivity contribution in [2.24, 2.45) is 35.5 Å². The predicted molar refractivity (Wildman–Crippen MR) is 237 cm³/mol. The molecule has 0 amide bonds. The molecule has 0 saturated heterocycles. The molecule has 0 unspecified atom stereocenters. The fourth-order valence-corrected chi connectivity index (χ4v) is 10.3. The van der Waals surface area contributed by atoms with Crippen molar-refractivity contribution in [3.05, 3.63) is 90.0 Å². The lowest BCUT2D eigenvalue weighted by Crippen LogP contribution is -2.25. The molecule has 2 aromatic carbocycles. The number of aryl methyl sites for hydroxylation is 1. The van der Waals surface area contributed by atoms with E-state index in [1.54, 1.807) is 28.2 Å². The molecule has 0 radical (unpaired) electrons. The minimum absolute atomic E-state index is 0.280. The summed E-state index contributed by atoms with van der Waals surface area (Å²) in [7, 11) is 0. The van der Waals surface area contributed by atoms with Gasteiger partial charge in [-0.3, -0.25) is 0 Å². The molecule has 0 heterocycles. The van der Waals surface area contributed by atoms with Crippen LogP contribution in [0.3, 0.4) is 0 Å². The predicted octanol–water partition coefficient (Wildman–Crippen LogP) is 18.5. The highest BCUT2D eigenvalue weighted by Crippen LogP contribution is 2.46. The average molecular weight is 955 g/mol. The number of rotatable bonds is 10. The van der Waals surface area contributed by atoms with Crippen LogP contribution < -0.4 is 4.74 Å². The average Bonchev–Trinajstić information content (AvgIpc) is 3.26. The quantitative estimate of drug-likeness (QED) is 0.131. The molecule has 1 nitrogen and oxygen atoms in total. The highest BCUT2D eigenvalue weighted by Gasteiger charge is 2.32. The summed E-state index contributed by atoms with van der Waals surface area (Å²) < 4.78 is 88.5. The summed E-state index contributed by atoms with van der Waals surface area (Å²) in [4.78, 5) is 0. The summed E-state index contributed by atoms with van der Waals surface area (Å²) in [5.41, 5.74) is 4.39. The molecule has 59 heavy (non-hydrogen) atoms. The molecule has 4 fully saturated rings. The zero-order chi connectivity index (χ0) is 43.4. The lowest BCUT2D eigenvalue weighted by Gasteiger charge is -2.38. The topological polar surface area (TPSA) is 9.23 Å². The van der Waals surface area contributed by atoms with E-state index in [0.717, 1.165) is 41.4 Å². The third kappa shape index (κ3) is 21.5. The molecule has 2 aromatic rings. The van der Waals surface area contributed by atoms with E-state index in [2.05, 4.69) is 57.2 Å². The van der Waals surface area contributed by atoms with Crippen LogP contribution in [0.5, 0.6) is 5.75 Å². The minimum Gasteiger partial charge on any atom is -0.463 e. The lowest BCUT2D eigenvalue weighted by molar-refractivity contribution is 0.156. The van der Waals surface area contributed by atoms with E-state index in [9.17, 15) is 35.1 Å². The zero-order valence-electron chi connectivity index (χ0n) is 35.8. The first-order valence-electron chi connectivity index (χ1n) is 22.2. The van der Waals surface area contributed by atoms with Crippen LogP contribution in [0.2, 0.25) is 0 Å². The number of benzene rings is 2. The van der Waals surface area contributed by atoms with Crippen LogP contribution in [0.4, 0.5) is 35.1 Å². The van der Waals surface area contributed by atoms with Crippen molar-refractivity contribution < 1.29 is 39.9 Å². The summed E-state index contributed by atoms with van der Waals surface area (Å²) in [5, 5.41) is 0. The molecule has 10 heteroatoms. The van der Waals surface area contributed by atoms with Gasteiger partial charge in [-0.25, -0.2) is 17.6 Å². The van der Waals surface area contributed by atoms with Crippen LogP contribution in [-0.4, -0.2) is 11.5 Å². The van der Waals surface area contributed by atoms with Gasteiger partial charge in [0.2, 0.25) is 6.86 Å². The Hall–Kier alpha value is -2.11. The van der Waals surface area contributed by atoms with Gasteiger partial charge < -0.3 is 4.74 Å². The van der Waals surface area contributed by atoms with Crippen molar-refractivity contribution in [2.45, 2.75) is 161 Å². The van der Waals surface area contributed by atoms with Gasteiger partial charge in [-0.1, -0.05) is 107 Å². The van der Waals surface area contributed by atoms with Gasteiger partial charge in [0.1, 0.15) is 10.4 Å². The SMILES string of the molecule is CCCC1CCC(C2CCC(c3ccc(C)cc3)CC2)CC1.CCCC1CCC(C2CCC(c3ccc(OCF)cc3)CC2)CC1.FC=C(F)F.FC=C(F)F.FCI. The Balaban J connectivity index is 0.000000315. The first-order valence-corrected chi connectivity index (χ1v) is 23.7. The number of ether oxygens (including phenoxy) is 1. The number of alkyl halides is 3. The molecule has 0 bridgehead atoms. The second-order valence-corrected chi connectivity index (χ2v) is 17.6. The van der Waals surface area contributed by atoms with Crippen LogP contribution in [-0.2, 0) is 0 Å². The third-order valence-electron chi connectivity index (χ3n) is 13.3. The standard InChI is InChI=1S/C22H33FO.C22H34.2C2HF3.CH2FI/c1-2-3-17-4-6-18(7-5-17)19-8-10-20(11-9-19)21-12-14-22(15-13-21)24-16-23;1-3-4-18-7-11-20(12-8-18)22-15-13-21(14-16-22)19-9-5-17(2)6-10-19;2*3-1-2(4)5;2-1-3/h12-15,17-20H,2-11,16H2,1H3;5-6,9-10,18,20-22H,3-4,7-8,11-16H2,1-2H3;2*1H;1H2. The molecule has 4 aliphatic rings. The summed E-state index contributed by atoms with van der Waals surface area (Å²) in [5.74, 6) is 8.33. The van der Waals surface area contributed by atoms with E-state index in [4.69, 9.17) is 4.74 Å². The van der Waals surface area contributed by atoms with E-state index < -0.39 is 31.7 Å². The molecule has 0 aromatic heterocycles. The fraction of sp³-hybridized carbons (Fsp3) is 0.673. The molecule has 0 atom stereocenters. The first kappa shape index (κ1) is 53.0. The maximum atomic E-state index is 12.2. The van der Waals surface area contributed by atoms with Gasteiger partial charge in [0.15, 0.2) is 12.7 Å². The fourth-order valence-electron chi connectivity index (χ4n) is 10.3. The van der Waals surface area contributed by atoms with Crippen LogP contribution in [0.1, 0.15) is 171 Å². The molecule has 0 spiro atoms. The van der Waals surface area contributed by atoms with Crippen molar-refractivity contribution in [2.75, 3.05) is 11.5 Å². The Morgan fingerprint density at radius 2 is 0.831 bits per heavy atom. The van der Waals surface area contributed by atoms with Crippen LogP contribution in [0, 0.1) is 42.4 Å². The van der Waals surface area contributed by atoms with Crippen molar-refractivity contribution in [3.8, 4) is 5.75 Å². The van der Waals surface area contributed by atoms with E-state index in [1.165, 1.54) is 140 Å². The monoisotopic (exact) mass is 954 g/mol. The van der Waals surface area contributed by atoms with Crippen LogP contribution >= 0.6 is 22.6 Å². The molecule has 4 aliphatic carbocycles. The summed E-state index contributed by atoms with van der Waals surface area (Å²) >= 11 is 1.62. The summed E-state index contributed by atoms with van der Waals surface area (Å²) in [6, 6.07) is 17.4. The van der Waals surface area contributed by atoms with Gasteiger partial charge in [0, 0.05) is 0 Å². The molecular weight excluding hydrogens is 883 g/mol. The van der Waals surface area contributed by atoms with E-state index in [-0.39, 0.29) is 4.68 Å². The van der Waals surface area contributed by atoms with E-state index >= 15 is 0 Å². The Morgan fingerprint density at radius 1 is 0.542 bits per heavy atom. The van der Waals surface area contributed by atoms with Gasteiger partial charge in [-0.05, 0) is 177 Å². The largest absolute Gasteiger partial charge is 0.463 e. The minimum atomic E-state index is -2.29. The van der Waals surface area contributed by atoms with Crippen molar-refractivity contribution >= 4 is 22.6 Å². The molecule has 6 rings (SSSR count). The lowest BCUT2D eigenvalue weighted by atomic mass is 9.68. The van der Waals surface area contributed by atoms with Gasteiger partial charge >= 0.3 is 0 Å². The molecular formula is C49H71F8IO. The highest BCUT2D eigenvalue weighted by molar-refractivity contribution is 14.1. The maximum absolute atomic E-state index is 12.2. The Kier molecular flexibility index (Phi) is 28.5. The van der Waals surface area contributed by atoms with Gasteiger partial charge in [0.25, 0.3) is 12.2 Å². The molecule has 0 aliphatic heterocycles. The molecule has 0 N–H and O–H groups in total. The molecule has 336 valence electrons. The van der Waals surface area contributed by atoms with Gasteiger partial charge in [-0.15, -0.1) is 0 Å². The van der Waals surface area contributed by atoms with Crippen molar-refractivity contribution in [1.82, 2.24) is 0 Å². The summed E-state index contributed by atoms with van der Waals surface area (Å²) in [6.45, 7) is 6.11. The number of halogens is 9. The van der Waals surface area contributed by atoms with Crippen molar-refractivity contribution in [3.63, 3.8) is 0 Å². The van der Waals surface area contributed by atoms with E-state index in [0.29, 0.717) is 11.7 Å². The molecule has 4 saturated carbocycles. The smallest absolute Gasteiger partial charge is 0.298 e. The van der Waals surface area contributed by atoms with Gasteiger partial charge in [-0.2, -0.15) is 17.6 Å². The maximum Gasteiger partial charge on any atom is 0.298 e. The van der Waals surface area contributed by atoms with Crippen molar-refractivity contribution in [1.29, 1.82) is 0 Å². The Morgan fingerprint density at radius 3 is 1.10 bits per heavy atom. The second-order valence-electron chi connectivity index (χ2n) is 17.0. The van der Waals surface area contributed by atoms with Gasteiger partial charge in [0.05, 0.1) is 0 Å². The van der Waals surface area contributed by atoms with Crippen LogP contribution in [0.25, 0.3) is 0 Å². The normalized spacial score (nSPS) is 26.3. The number of hydrogen-bond donors (Lipinski definition) is 0. The Labute approximate surface area is 364 Å². The first-order chi connectivity index (χ1) is 28.5. The summed E-state index contributed by atoms with van der Waals surface area (Å²) in [6.07, 6.45) is 22.9. The van der Waals surface area contributed by atoms with E-state index in [1.807, 2.05) is 12.1 Å².